The summed E-state index contributed by atoms with van der Waals surface area (Å²) >= 11 is 0. The van der Waals surface area contributed by atoms with E-state index < -0.39 is 15.9 Å². The molecule has 2 aromatic carbocycles. The number of amides is 1. The van der Waals surface area contributed by atoms with Crippen LogP contribution in [0.15, 0.2) is 65.7 Å². The first-order chi connectivity index (χ1) is 17.1. The van der Waals surface area contributed by atoms with Crippen molar-refractivity contribution in [1.29, 1.82) is 0 Å². The molecule has 0 saturated heterocycles. The van der Waals surface area contributed by atoms with Gasteiger partial charge in [-0.1, -0.05) is 23.8 Å². The van der Waals surface area contributed by atoms with Gasteiger partial charge in [0.1, 0.15) is 5.69 Å². The summed E-state index contributed by atoms with van der Waals surface area (Å²) < 4.78 is 34.8. The predicted molar refractivity (Wildman–Crippen MR) is 139 cm³/mol. The highest BCUT2D eigenvalue weighted by atomic mass is 32.2. The zero-order chi connectivity index (χ0) is 26.0. The van der Waals surface area contributed by atoms with Gasteiger partial charge in [0.05, 0.1) is 29.8 Å². The van der Waals surface area contributed by atoms with Crippen LogP contribution in [-0.4, -0.2) is 36.2 Å². The van der Waals surface area contributed by atoms with E-state index >= 15 is 0 Å². The number of benzene rings is 2. The molecule has 0 aliphatic carbocycles. The summed E-state index contributed by atoms with van der Waals surface area (Å²) in [4.78, 5) is 17.4. The van der Waals surface area contributed by atoms with Gasteiger partial charge in [0.25, 0.3) is 15.9 Å². The molecule has 4 aromatic rings. The number of hydrogen-bond donors (Lipinski definition) is 2. The number of nitrogens with one attached hydrogen (secondary N) is 1. The molecule has 2 heterocycles. The number of pyridine rings is 1. The Hall–Kier alpha value is -4.18. The third kappa shape index (κ3) is 5.08. The zero-order valence-electron chi connectivity index (χ0n) is 20.4. The molecule has 0 fully saturated rings. The normalized spacial score (nSPS) is 11.3. The largest absolute Gasteiger partial charge is 0.481 e. The van der Waals surface area contributed by atoms with Crippen LogP contribution in [0.2, 0.25) is 0 Å². The molecule has 2 aromatic heterocycles. The van der Waals surface area contributed by atoms with Crippen molar-refractivity contribution in [3.8, 4) is 17.1 Å². The number of methoxy groups -OCH3 is 1. The number of nitrogens with zero attached hydrogens (tertiary/aromatic N) is 3. The molecule has 3 N–H and O–H groups in total. The van der Waals surface area contributed by atoms with Gasteiger partial charge in [-0.15, -0.1) is 0 Å². The van der Waals surface area contributed by atoms with Crippen LogP contribution in [-0.2, 0) is 16.6 Å². The number of nitrogen functional groups attached to an aromatic ring is 1. The minimum absolute atomic E-state index is 0. The fourth-order valence-corrected chi connectivity index (χ4v) is 5.14. The lowest BCUT2D eigenvalue weighted by Gasteiger charge is -2.14. The molecule has 10 heteroatoms. The third-order valence-electron chi connectivity index (χ3n) is 5.80. The number of anilines is 1. The molecule has 0 atom stereocenters. The van der Waals surface area contributed by atoms with E-state index in [4.69, 9.17) is 10.5 Å². The van der Waals surface area contributed by atoms with E-state index in [-0.39, 0.29) is 24.2 Å². The molecule has 0 bridgehead atoms. The zero-order valence-corrected chi connectivity index (χ0v) is 21.3. The Morgan fingerprint density at radius 2 is 1.81 bits per heavy atom. The van der Waals surface area contributed by atoms with Gasteiger partial charge < -0.3 is 10.5 Å². The molecule has 4 rings (SSSR count). The summed E-state index contributed by atoms with van der Waals surface area (Å²) in [5, 5.41) is 4.65. The number of aryl methyl sites for hydroxylation is 3. The van der Waals surface area contributed by atoms with E-state index in [0.29, 0.717) is 17.1 Å². The second kappa shape index (κ2) is 9.82. The molecular weight excluding hydrogens is 478 g/mol. The molecule has 0 aliphatic rings. The summed E-state index contributed by atoms with van der Waals surface area (Å²) in [5.74, 6) is -0.481. The van der Waals surface area contributed by atoms with E-state index in [1.54, 1.807) is 24.4 Å². The number of sulfonamides is 1. The Kier molecular flexibility index (Phi) is 6.80. The van der Waals surface area contributed by atoms with Crippen LogP contribution in [0.4, 0.5) is 5.69 Å². The number of carbonyl (C=O) groups is 1. The van der Waals surface area contributed by atoms with E-state index in [9.17, 15) is 13.2 Å². The van der Waals surface area contributed by atoms with Gasteiger partial charge in [-0.25, -0.2) is 18.1 Å². The van der Waals surface area contributed by atoms with Crippen molar-refractivity contribution in [1.82, 2.24) is 19.5 Å². The minimum Gasteiger partial charge on any atom is -0.481 e. The Morgan fingerprint density at radius 3 is 2.47 bits per heavy atom. The van der Waals surface area contributed by atoms with Crippen LogP contribution >= 0.6 is 0 Å². The first-order valence-electron chi connectivity index (χ1n) is 11.2. The molecule has 0 unspecified atom stereocenters. The maximum absolute atomic E-state index is 13.3. The van der Waals surface area contributed by atoms with Gasteiger partial charge in [0.15, 0.2) is 0 Å². The average molecular weight is 508 g/mol. The van der Waals surface area contributed by atoms with Crippen molar-refractivity contribution in [3.63, 3.8) is 0 Å². The monoisotopic (exact) mass is 507 g/mol. The van der Waals surface area contributed by atoms with Gasteiger partial charge in [-0.05, 0) is 73.9 Å². The summed E-state index contributed by atoms with van der Waals surface area (Å²) in [7, 11) is -2.67. The third-order valence-corrected chi connectivity index (χ3v) is 7.13. The molecule has 0 aliphatic heterocycles. The van der Waals surface area contributed by atoms with Crippen LogP contribution in [0.25, 0.3) is 11.3 Å². The molecule has 188 valence electrons. The molecule has 0 saturated carbocycles. The number of aromatic nitrogens is 3. The Bertz CT molecular complexity index is 1540. The topological polar surface area (TPSA) is 129 Å². The minimum atomic E-state index is -4.17. The molecular formula is C26H29N5O4S. The van der Waals surface area contributed by atoms with Crippen LogP contribution in [0.1, 0.15) is 34.2 Å². The van der Waals surface area contributed by atoms with Crippen LogP contribution in [0.5, 0.6) is 5.88 Å². The molecule has 0 radical (unpaired) electrons. The fraction of sp³-hybridized carbons (Fsp3) is 0.192. The highest BCUT2D eigenvalue weighted by molar-refractivity contribution is 7.90. The standard InChI is InChI=1S/C26H27N5O4S.H2/c1-16-11-17(2)22(18(3)12-16)15-31-24(14-23(29-31)21-9-6-10-28-26(21)35-4)25(32)30-36(33,34)20-8-5-7-19(27)13-20;/h5-14H,15,27H2,1-4H3,(H,30,32);1H. The summed E-state index contributed by atoms with van der Waals surface area (Å²) in [5.41, 5.74) is 11.3. The highest BCUT2D eigenvalue weighted by Crippen LogP contribution is 2.28. The highest BCUT2D eigenvalue weighted by Gasteiger charge is 2.24. The maximum atomic E-state index is 13.3. The smallest absolute Gasteiger partial charge is 0.283 e. The predicted octanol–water partition coefficient (Wildman–Crippen LogP) is 3.87. The lowest BCUT2D eigenvalue weighted by atomic mass is 10.00. The first-order valence-corrected chi connectivity index (χ1v) is 12.6. The number of carbonyl (C=O) groups excluding carboxylic acids is 1. The van der Waals surface area contributed by atoms with Crippen LogP contribution in [0, 0.1) is 20.8 Å². The number of rotatable bonds is 7. The molecule has 0 spiro atoms. The van der Waals surface area contributed by atoms with E-state index in [0.717, 1.165) is 22.3 Å². The van der Waals surface area contributed by atoms with Crippen molar-refractivity contribution in [2.45, 2.75) is 32.2 Å². The van der Waals surface area contributed by atoms with Gasteiger partial charge in [-0.2, -0.15) is 5.10 Å². The quantitative estimate of drug-likeness (QED) is 0.363. The molecule has 36 heavy (non-hydrogen) atoms. The van der Waals surface area contributed by atoms with Gasteiger partial charge in [-0.3, -0.25) is 9.48 Å². The number of hydrogen-bond acceptors (Lipinski definition) is 7. The lowest BCUT2D eigenvalue weighted by Crippen LogP contribution is -2.32. The average Bonchev–Trinajstić information content (AvgIpc) is 3.25. The summed E-state index contributed by atoms with van der Waals surface area (Å²) in [6.07, 6.45) is 1.59. The van der Waals surface area contributed by atoms with Gasteiger partial charge in [0, 0.05) is 13.3 Å². The fourth-order valence-electron chi connectivity index (χ4n) is 4.12. The van der Waals surface area contributed by atoms with Gasteiger partial charge in [0.2, 0.25) is 5.88 Å². The Morgan fingerprint density at radius 1 is 1.08 bits per heavy atom. The van der Waals surface area contributed by atoms with Crippen molar-refractivity contribution in [2.24, 2.45) is 0 Å². The van der Waals surface area contributed by atoms with Crippen LogP contribution in [0.3, 0.4) is 0 Å². The number of nitrogens with two attached hydrogens (primary N) is 1. The SMILES string of the molecule is COc1ncccc1-c1cc(C(=O)NS(=O)(=O)c2cccc(N)c2)n(Cc2c(C)cc(C)cc2C)n1.[HH]. The maximum Gasteiger partial charge on any atom is 0.283 e. The second-order valence-electron chi connectivity index (χ2n) is 8.52. The number of ether oxygens (including phenoxy) is 1. The Labute approximate surface area is 211 Å². The lowest BCUT2D eigenvalue weighted by molar-refractivity contribution is 0.0971. The first kappa shape index (κ1) is 24.9. The molecule has 1 amide bonds. The van der Waals surface area contributed by atoms with Gasteiger partial charge >= 0.3 is 0 Å². The van der Waals surface area contributed by atoms with Crippen molar-refractivity contribution < 1.29 is 19.4 Å². The summed E-state index contributed by atoms with van der Waals surface area (Å²) in [6.45, 7) is 6.27. The van der Waals surface area contributed by atoms with Crippen LogP contribution < -0.4 is 15.2 Å². The van der Waals surface area contributed by atoms with Crippen molar-refractivity contribution in [3.05, 3.63) is 88.7 Å². The van der Waals surface area contributed by atoms with E-state index in [1.165, 1.54) is 36.1 Å². The van der Waals surface area contributed by atoms with E-state index in [2.05, 4.69) is 26.9 Å². The Balaban J connectivity index is 0.00000380. The second-order valence-corrected chi connectivity index (χ2v) is 10.2. The van der Waals surface area contributed by atoms with Crippen molar-refractivity contribution >= 4 is 21.6 Å². The van der Waals surface area contributed by atoms with Crippen molar-refractivity contribution in [2.75, 3.05) is 12.8 Å². The molecule has 9 nitrogen and oxygen atoms in total. The summed E-state index contributed by atoms with van der Waals surface area (Å²) in [6, 6.07) is 14.9. The van der Waals surface area contributed by atoms with E-state index in [1.807, 2.05) is 20.8 Å².